The van der Waals surface area contributed by atoms with Crippen LogP contribution in [-0.4, -0.2) is 0 Å². The average Bonchev–Trinajstić information content (AvgIpc) is 2.26. The van der Waals surface area contributed by atoms with Gasteiger partial charge in [-0.15, -0.1) is 5.73 Å². The van der Waals surface area contributed by atoms with Crippen molar-refractivity contribution in [2.24, 2.45) is 0 Å². The first-order valence-electron chi connectivity index (χ1n) is 6.81. The van der Waals surface area contributed by atoms with Gasteiger partial charge >= 0.3 is 0 Å². The molecule has 0 bridgehead atoms. The highest BCUT2D eigenvalue weighted by atomic mass is 13.9. The molecule has 0 radical (unpaired) electrons. The molecule has 88 valence electrons. The molecule has 0 atom stereocenters. The van der Waals surface area contributed by atoms with Gasteiger partial charge in [0.2, 0.25) is 0 Å². The Morgan fingerprint density at radius 3 is 1.53 bits per heavy atom. The zero-order valence-electron chi connectivity index (χ0n) is 10.7. The van der Waals surface area contributed by atoms with Gasteiger partial charge in [0.15, 0.2) is 0 Å². The van der Waals surface area contributed by atoms with Crippen molar-refractivity contribution in [1.82, 2.24) is 0 Å². The van der Waals surface area contributed by atoms with Gasteiger partial charge < -0.3 is 0 Å². The summed E-state index contributed by atoms with van der Waals surface area (Å²) in [5, 5.41) is 0. The van der Waals surface area contributed by atoms with Gasteiger partial charge in [0.25, 0.3) is 0 Å². The maximum atomic E-state index is 3.29. The van der Waals surface area contributed by atoms with Gasteiger partial charge in [-0.25, -0.2) is 0 Å². The van der Waals surface area contributed by atoms with E-state index in [9.17, 15) is 0 Å². The van der Waals surface area contributed by atoms with Gasteiger partial charge in [-0.3, -0.25) is 0 Å². The molecule has 0 heterocycles. The predicted molar refractivity (Wildman–Crippen MR) is 70.2 cm³/mol. The first-order valence-corrected chi connectivity index (χ1v) is 6.81. The van der Waals surface area contributed by atoms with E-state index >= 15 is 0 Å². The quantitative estimate of drug-likeness (QED) is 0.322. The van der Waals surface area contributed by atoms with Crippen LogP contribution in [0.25, 0.3) is 0 Å². The molecule has 0 heteroatoms. The minimum Gasteiger partial charge on any atom is -0.130 e. The lowest BCUT2D eigenvalue weighted by molar-refractivity contribution is 0.672. The summed E-state index contributed by atoms with van der Waals surface area (Å²) in [5.41, 5.74) is 3.29. The molecule has 15 heavy (non-hydrogen) atoms. The molecule has 0 amide bonds. The van der Waals surface area contributed by atoms with Crippen LogP contribution in [0.5, 0.6) is 0 Å². The smallest absolute Gasteiger partial charge is 0.0274 e. The fourth-order valence-electron chi connectivity index (χ4n) is 1.60. The van der Waals surface area contributed by atoms with Gasteiger partial charge in [0, 0.05) is 0 Å². The lowest BCUT2D eigenvalue weighted by Crippen LogP contribution is -1.73. The fourth-order valence-corrected chi connectivity index (χ4v) is 1.60. The molecule has 0 aliphatic carbocycles. The van der Waals surface area contributed by atoms with Crippen molar-refractivity contribution in [2.75, 3.05) is 0 Å². The molecule has 0 N–H and O–H groups in total. The Bertz CT molecular complexity index is 145. The van der Waals surface area contributed by atoms with Gasteiger partial charge in [-0.05, 0) is 37.8 Å². The van der Waals surface area contributed by atoms with Crippen LogP contribution in [-0.2, 0) is 0 Å². The molecule has 0 aliphatic rings. The number of rotatable bonds is 10. The van der Waals surface area contributed by atoms with E-state index in [1.54, 1.807) is 0 Å². The third-order valence-electron chi connectivity index (χ3n) is 2.64. The van der Waals surface area contributed by atoms with Crippen molar-refractivity contribution >= 4 is 0 Å². The van der Waals surface area contributed by atoms with Crippen LogP contribution in [0, 0.1) is 0 Å². The molecule has 0 nitrogen and oxygen atoms in total. The van der Waals surface area contributed by atoms with Crippen LogP contribution >= 0.6 is 0 Å². The summed E-state index contributed by atoms with van der Waals surface area (Å²) in [5.74, 6) is 0. The zero-order chi connectivity index (χ0) is 11.2. The van der Waals surface area contributed by atoms with Crippen LogP contribution in [0.1, 0.15) is 78.1 Å². The SMILES string of the molecule is CCCCCCC=C=CCCCCCC. The van der Waals surface area contributed by atoms with Crippen molar-refractivity contribution in [3.63, 3.8) is 0 Å². The van der Waals surface area contributed by atoms with E-state index in [4.69, 9.17) is 0 Å². The Balaban J connectivity index is 3.16. The van der Waals surface area contributed by atoms with Crippen molar-refractivity contribution in [2.45, 2.75) is 78.1 Å². The predicted octanol–water partition coefficient (Wildman–Crippen LogP) is 5.64. The van der Waals surface area contributed by atoms with Gasteiger partial charge in [0.05, 0.1) is 0 Å². The average molecular weight is 208 g/mol. The number of hydrogen-bond acceptors (Lipinski definition) is 0. The van der Waals surface area contributed by atoms with E-state index in [-0.39, 0.29) is 0 Å². The molecule has 0 aliphatic heterocycles. The molecule has 0 spiro atoms. The van der Waals surface area contributed by atoms with Gasteiger partial charge in [-0.2, -0.15) is 0 Å². The summed E-state index contributed by atoms with van der Waals surface area (Å²) >= 11 is 0. The largest absolute Gasteiger partial charge is 0.130 e. The second kappa shape index (κ2) is 13.5. The van der Waals surface area contributed by atoms with Crippen LogP contribution in [0.4, 0.5) is 0 Å². The van der Waals surface area contributed by atoms with Crippen molar-refractivity contribution in [3.8, 4) is 0 Å². The monoisotopic (exact) mass is 208 g/mol. The summed E-state index contributed by atoms with van der Waals surface area (Å²) in [7, 11) is 0. The van der Waals surface area contributed by atoms with E-state index in [0.29, 0.717) is 0 Å². The van der Waals surface area contributed by atoms with Crippen molar-refractivity contribution < 1.29 is 0 Å². The lowest BCUT2D eigenvalue weighted by atomic mass is 10.1. The first-order chi connectivity index (χ1) is 7.41. The third-order valence-corrected chi connectivity index (χ3v) is 2.64. The molecular formula is C15H28. The van der Waals surface area contributed by atoms with Crippen molar-refractivity contribution in [3.05, 3.63) is 17.9 Å². The normalized spacial score (nSPS) is 9.73. The maximum Gasteiger partial charge on any atom is -0.0274 e. The Hall–Kier alpha value is -0.480. The summed E-state index contributed by atoms with van der Waals surface area (Å²) in [4.78, 5) is 0. The van der Waals surface area contributed by atoms with Crippen LogP contribution in [0.2, 0.25) is 0 Å². The van der Waals surface area contributed by atoms with E-state index < -0.39 is 0 Å². The highest BCUT2D eigenvalue weighted by molar-refractivity contribution is 4.84. The van der Waals surface area contributed by atoms with E-state index in [0.717, 1.165) is 0 Å². The minimum absolute atomic E-state index is 1.21. The molecule has 0 saturated heterocycles. The second-order valence-electron chi connectivity index (χ2n) is 4.27. The first kappa shape index (κ1) is 14.5. The van der Waals surface area contributed by atoms with Gasteiger partial charge in [-0.1, -0.05) is 52.4 Å². The zero-order valence-corrected chi connectivity index (χ0v) is 10.7. The lowest BCUT2D eigenvalue weighted by Gasteiger charge is -1.93. The van der Waals surface area contributed by atoms with Crippen LogP contribution in [0.15, 0.2) is 17.9 Å². The molecule has 0 aromatic rings. The maximum absolute atomic E-state index is 3.29. The molecular weight excluding hydrogens is 180 g/mol. The van der Waals surface area contributed by atoms with E-state index in [2.05, 4.69) is 31.7 Å². The Kier molecular flexibility index (Phi) is 13.1. The highest BCUT2D eigenvalue weighted by Gasteiger charge is 1.84. The molecule has 0 fully saturated rings. The molecule has 0 saturated carbocycles. The fraction of sp³-hybridized carbons (Fsp3) is 0.800. The highest BCUT2D eigenvalue weighted by Crippen LogP contribution is 2.04. The molecule has 0 rings (SSSR count). The van der Waals surface area contributed by atoms with Gasteiger partial charge in [0.1, 0.15) is 0 Å². The van der Waals surface area contributed by atoms with E-state index in [1.165, 1.54) is 64.2 Å². The Morgan fingerprint density at radius 2 is 1.13 bits per heavy atom. The Morgan fingerprint density at radius 1 is 0.667 bits per heavy atom. The molecule has 0 aromatic carbocycles. The number of allylic oxidation sites excluding steroid dienone is 1. The van der Waals surface area contributed by atoms with Crippen LogP contribution < -0.4 is 0 Å². The minimum atomic E-state index is 1.21. The van der Waals surface area contributed by atoms with Crippen molar-refractivity contribution in [1.29, 1.82) is 0 Å². The number of unbranched alkanes of at least 4 members (excludes halogenated alkanes) is 8. The summed E-state index contributed by atoms with van der Waals surface area (Å²) in [6, 6.07) is 0. The summed E-state index contributed by atoms with van der Waals surface area (Å²) in [6.07, 6.45) is 17.7. The topological polar surface area (TPSA) is 0 Å². The summed E-state index contributed by atoms with van der Waals surface area (Å²) in [6.45, 7) is 4.51. The summed E-state index contributed by atoms with van der Waals surface area (Å²) < 4.78 is 0. The second-order valence-corrected chi connectivity index (χ2v) is 4.27. The molecule has 0 aromatic heterocycles. The van der Waals surface area contributed by atoms with E-state index in [1.807, 2.05) is 0 Å². The standard InChI is InChI=1S/C15H28/c1-3-5-7-9-11-13-15-14-12-10-8-6-4-2/h13-14H,3-12H2,1-2H3. The third kappa shape index (κ3) is 13.5. The van der Waals surface area contributed by atoms with Crippen LogP contribution in [0.3, 0.4) is 0 Å². The number of hydrogen-bond donors (Lipinski definition) is 0. The Labute approximate surface area is 96.5 Å². The molecule has 0 unspecified atom stereocenters.